The highest BCUT2D eigenvalue weighted by Gasteiger charge is 2.20. The van der Waals surface area contributed by atoms with Crippen LogP contribution in [0.25, 0.3) is 0 Å². The van der Waals surface area contributed by atoms with Gasteiger partial charge in [0.1, 0.15) is 5.82 Å². The van der Waals surface area contributed by atoms with Crippen molar-refractivity contribution in [3.05, 3.63) is 35.1 Å². The molecular formula is C14H19FO2. The number of benzene rings is 1. The number of ether oxygens (including phenoxy) is 1. The summed E-state index contributed by atoms with van der Waals surface area (Å²) in [6.45, 7) is 3.36. The van der Waals surface area contributed by atoms with Gasteiger partial charge in [0.25, 0.3) is 0 Å². The minimum atomic E-state index is -0.696. The molecule has 0 radical (unpaired) electrons. The molecule has 1 aliphatic heterocycles. The molecule has 2 nitrogen and oxygen atoms in total. The number of aryl methyl sites for hydroxylation is 1. The second kappa shape index (κ2) is 5.61. The molecule has 1 aromatic carbocycles. The molecule has 1 N–H and O–H groups in total. The summed E-state index contributed by atoms with van der Waals surface area (Å²) in [5.74, 6) is 0.143. The molecule has 0 aromatic heterocycles. The van der Waals surface area contributed by atoms with E-state index in [2.05, 4.69) is 0 Å². The molecule has 0 aliphatic carbocycles. The first-order chi connectivity index (χ1) is 8.16. The van der Waals surface area contributed by atoms with Crippen LogP contribution in [0.4, 0.5) is 4.39 Å². The van der Waals surface area contributed by atoms with Crippen molar-refractivity contribution < 1.29 is 14.2 Å². The summed E-state index contributed by atoms with van der Waals surface area (Å²) >= 11 is 0. The standard InChI is InChI=1S/C14H19FO2/c1-10-2-3-12(13(15)8-10)14(16)9-11-4-6-17-7-5-11/h2-3,8,11,14,16H,4-7,9H2,1H3. The number of aliphatic hydroxyl groups is 1. The van der Waals surface area contributed by atoms with Crippen LogP contribution < -0.4 is 0 Å². The Morgan fingerprint density at radius 2 is 2.12 bits per heavy atom. The Kier molecular flexibility index (Phi) is 4.13. The van der Waals surface area contributed by atoms with Crippen LogP contribution in [0.5, 0.6) is 0 Å². The zero-order valence-electron chi connectivity index (χ0n) is 10.2. The molecule has 1 heterocycles. The number of hydrogen-bond donors (Lipinski definition) is 1. The van der Waals surface area contributed by atoms with Gasteiger partial charge in [-0.15, -0.1) is 0 Å². The third-order valence-electron chi connectivity index (χ3n) is 3.41. The SMILES string of the molecule is Cc1ccc(C(O)CC2CCOCC2)c(F)c1. The fraction of sp³-hybridized carbons (Fsp3) is 0.571. The molecule has 1 aromatic rings. The van der Waals surface area contributed by atoms with Crippen molar-refractivity contribution in [2.24, 2.45) is 5.92 Å². The van der Waals surface area contributed by atoms with Gasteiger partial charge in [-0.05, 0) is 43.7 Å². The minimum absolute atomic E-state index is 0.301. The van der Waals surface area contributed by atoms with E-state index in [4.69, 9.17) is 4.74 Å². The van der Waals surface area contributed by atoms with Gasteiger partial charge in [-0.3, -0.25) is 0 Å². The maximum absolute atomic E-state index is 13.7. The average Bonchev–Trinajstić information content (AvgIpc) is 2.30. The van der Waals surface area contributed by atoms with E-state index in [1.54, 1.807) is 6.07 Å². The van der Waals surface area contributed by atoms with Crippen molar-refractivity contribution >= 4 is 0 Å². The van der Waals surface area contributed by atoms with Crippen LogP contribution in [0, 0.1) is 18.7 Å². The molecule has 1 unspecified atom stereocenters. The van der Waals surface area contributed by atoms with E-state index in [1.807, 2.05) is 13.0 Å². The highest BCUT2D eigenvalue weighted by atomic mass is 19.1. The van der Waals surface area contributed by atoms with Crippen molar-refractivity contribution in [3.63, 3.8) is 0 Å². The molecule has 17 heavy (non-hydrogen) atoms. The second-order valence-corrected chi connectivity index (χ2v) is 4.83. The van der Waals surface area contributed by atoms with Gasteiger partial charge in [0.05, 0.1) is 6.10 Å². The Bertz CT molecular complexity index is 372. The number of rotatable bonds is 3. The van der Waals surface area contributed by atoms with Crippen molar-refractivity contribution in [1.29, 1.82) is 0 Å². The highest BCUT2D eigenvalue weighted by molar-refractivity contribution is 5.25. The van der Waals surface area contributed by atoms with Gasteiger partial charge in [0.2, 0.25) is 0 Å². The smallest absolute Gasteiger partial charge is 0.129 e. The van der Waals surface area contributed by atoms with Gasteiger partial charge < -0.3 is 9.84 Å². The average molecular weight is 238 g/mol. The lowest BCUT2D eigenvalue weighted by Crippen LogP contribution is -2.18. The summed E-state index contributed by atoms with van der Waals surface area (Å²) in [5, 5.41) is 10.1. The third-order valence-corrected chi connectivity index (χ3v) is 3.41. The molecule has 0 amide bonds. The van der Waals surface area contributed by atoms with Crippen LogP contribution in [0.1, 0.15) is 36.5 Å². The predicted molar refractivity (Wildman–Crippen MR) is 64.3 cm³/mol. The molecule has 2 rings (SSSR count). The molecule has 1 fully saturated rings. The number of halogens is 1. The van der Waals surface area contributed by atoms with Crippen LogP contribution in [0.2, 0.25) is 0 Å². The highest BCUT2D eigenvalue weighted by Crippen LogP contribution is 2.29. The van der Waals surface area contributed by atoms with Gasteiger partial charge >= 0.3 is 0 Å². The molecule has 0 bridgehead atoms. The summed E-state index contributed by atoms with van der Waals surface area (Å²) in [6.07, 6.45) is 1.86. The number of aliphatic hydroxyl groups excluding tert-OH is 1. The van der Waals surface area contributed by atoms with Crippen molar-refractivity contribution in [2.75, 3.05) is 13.2 Å². The summed E-state index contributed by atoms with van der Waals surface area (Å²) in [7, 11) is 0. The van der Waals surface area contributed by atoms with E-state index in [0.29, 0.717) is 17.9 Å². The first kappa shape index (κ1) is 12.5. The zero-order chi connectivity index (χ0) is 12.3. The fourth-order valence-electron chi connectivity index (χ4n) is 2.33. The Balaban J connectivity index is 2.00. The van der Waals surface area contributed by atoms with Gasteiger partial charge in [-0.1, -0.05) is 12.1 Å². The summed E-state index contributed by atoms with van der Waals surface area (Å²) in [6, 6.07) is 5.00. The Hall–Kier alpha value is -0.930. The lowest BCUT2D eigenvalue weighted by molar-refractivity contribution is 0.0428. The first-order valence-electron chi connectivity index (χ1n) is 6.18. The van der Waals surface area contributed by atoms with E-state index < -0.39 is 6.10 Å². The summed E-state index contributed by atoms with van der Waals surface area (Å²) in [4.78, 5) is 0. The molecule has 1 saturated heterocycles. The summed E-state index contributed by atoms with van der Waals surface area (Å²) in [5.41, 5.74) is 1.30. The Morgan fingerprint density at radius 1 is 1.41 bits per heavy atom. The van der Waals surface area contributed by atoms with Crippen LogP contribution in [0.15, 0.2) is 18.2 Å². The molecule has 0 saturated carbocycles. The second-order valence-electron chi connectivity index (χ2n) is 4.83. The van der Waals surface area contributed by atoms with Crippen LogP contribution >= 0.6 is 0 Å². The Morgan fingerprint density at radius 3 is 2.76 bits per heavy atom. The van der Waals surface area contributed by atoms with E-state index in [9.17, 15) is 9.50 Å². The topological polar surface area (TPSA) is 29.5 Å². The Labute approximate surface area is 101 Å². The monoisotopic (exact) mass is 238 g/mol. The molecule has 0 spiro atoms. The predicted octanol–water partition coefficient (Wildman–Crippen LogP) is 2.98. The molecule has 1 aliphatic rings. The largest absolute Gasteiger partial charge is 0.388 e. The van der Waals surface area contributed by atoms with Gasteiger partial charge in [-0.25, -0.2) is 4.39 Å². The maximum atomic E-state index is 13.7. The lowest BCUT2D eigenvalue weighted by atomic mass is 9.90. The van der Waals surface area contributed by atoms with Crippen molar-refractivity contribution in [2.45, 2.75) is 32.3 Å². The summed E-state index contributed by atoms with van der Waals surface area (Å²) < 4.78 is 18.9. The normalized spacial score (nSPS) is 19.2. The fourth-order valence-corrected chi connectivity index (χ4v) is 2.33. The van der Waals surface area contributed by atoms with Crippen molar-refractivity contribution in [3.8, 4) is 0 Å². The zero-order valence-corrected chi connectivity index (χ0v) is 10.2. The number of hydrogen-bond acceptors (Lipinski definition) is 2. The van der Waals surface area contributed by atoms with Crippen molar-refractivity contribution in [1.82, 2.24) is 0 Å². The molecule has 1 atom stereocenters. The maximum Gasteiger partial charge on any atom is 0.129 e. The lowest BCUT2D eigenvalue weighted by Gasteiger charge is -2.24. The minimum Gasteiger partial charge on any atom is -0.388 e. The molecule has 3 heteroatoms. The van der Waals surface area contributed by atoms with Gasteiger partial charge in [-0.2, -0.15) is 0 Å². The van der Waals surface area contributed by atoms with E-state index in [-0.39, 0.29) is 5.82 Å². The van der Waals surface area contributed by atoms with Gasteiger partial charge in [0.15, 0.2) is 0 Å². The van der Waals surface area contributed by atoms with Crippen LogP contribution in [-0.4, -0.2) is 18.3 Å². The van der Waals surface area contributed by atoms with Crippen LogP contribution in [-0.2, 0) is 4.74 Å². The van der Waals surface area contributed by atoms with E-state index >= 15 is 0 Å². The van der Waals surface area contributed by atoms with E-state index in [0.717, 1.165) is 31.6 Å². The molecule has 94 valence electrons. The van der Waals surface area contributed by atoms with E-state index in [1.165, 1.54) is 6.07 Å². The first-order valence-corrected chi connectivity index (χ1v) is 6.18. The molecular weight excluding hydrogens is 219 g/mol. The van der Waals surface area contributed by atoms with Gasteiger partial charge in [0, 0.05) is 18.8 Å². The van der Waals surface area contributed by atoms with Crippen LogP contribution in [0.3, 0.4) is 0 Å². The quantitative estimate of drug-likeness (QED) is 0.877. The third kappa shape index (κ3) is 3.27.